The summed E-state index contributed by atoms with van der Waals surface area (Å²) in [6.45, 7) is 13.6. The maximum atomic E-state index is 13.1. The van der Waals surface area contributed by atoms with Crippen LogP contribution in [0.25, 0.3) is 0 Å². The van der Waals surface area contributed by atoms with E-state index in [1.54, 1.807) is 18.2 Å². The van der Waals surface area contributed by atoms with Crippen molar-refractivity contribution < 1.29 is 23.7 Å². The minimum atomic E-state index is -0.00425. The van der Waals surface area contributed by atoms with Crippen LogP contribution in [0.4, 0.5) is 0 Å². The largest absolute Gasteiger partial charge is 0.490 e. The Morgan fingerprint density at radius 3 is 2.14 bits per heavy atom. The van der Waals surface area contributed by atoms with E-state index >= 15 is 0 Å². The molecule has 0 aromatic heterocycles. The molecule has 1 aromatic rings. The first-order valence-electron chi connectivity index (χ1n) is 10.2. The zero-order chi connectivity index (χ0) is 20.4. The van der Waals surface area contributed by atoms with E-state index in [1.165, 1.54) is 0 Å². The quantitative estimate of drug-likeness (QED) is 0.422. The summed E-state index contributed by atoms with van der Waals surface area (Å²) in [5.74, 6) is 2.14. The maximum absolute atomic E-state index is 13.1. The minimum absolute atomic E-state index is 0.00425. The second-order valence-electron chi connectivity index (χ2n) is 6.66. The van der Waals surface area contributed by atoms with Gasteiger partial charge in [-0.15, -0.1) is 6.58 Å². The summed E-state index contributed by atoms with van der Waals surface area (Å²) < 4.78 is 22.7. The third-order valence-electron chi connectivity index (χ3n) is 4.65. The monoisotopic (exact) mass is 391 g/mol. The molecule has 0 unspecified atom stereocenters. The van der Waals surface area contributed by atoms with Gasteiger partial charge in [-0.2, -0.15) is 0 Å². The van der Waals surface area contributed by atoms with Gasteiger partial charge in [0.1, 0.15) is 0 Å². The van der Waals surface area contributed by atoms with Crippen LogP contribution in [0.2, 0.25) is 0 Å². The van der Waals surface area contributed by atoms with Crippen LogP contribution in [0.15, 0.2) is 24.8 Å². The topological polar surface area (TPSA) is 57.2 Å². The molecule has 0 saturated carbocycles. The van der Waals surface area contributed by atoms with Gasteiger partial charge >= 0.3 is 0 Å². The fraction of sp³-hybridized carbons (Fsp3) is 0.591. The Morgan fingerprint density at radius 1 is 1.07 bits per heavy atom. The van der Waals surface area contributed by atoms with Crippen molar-refractivity contribution in [1.82, 2.24) is 4.90 Å². The lowest BCUT2D eigenvalue weighted by Gasteiger charge is -2.32. The van der Waals surface area contributed by atoms with Crippen LogP contribution in [-0.2, 0) is 4.74 Å². The number of carbonyl (C=O) groups is 1. The molecule has 28 heavy (non-hydrogen) atoms. The summed E-state index contributed by atoms with van der Waals surface area (Å²) >= 11 is 0. The molecule has 2 rings (SSSR count). The molecule has 0 radical (unpaired) electrons. The normalized spacial score (nSPS) is 14.6. The van der Waals surface area contributed by atoms with E-state index < -0.39 is 0 Å². The van der Waals surface area contributed by atoms with Gasteiger partial charge in [-0.1, -0.05) is 6.08 Å². The highest BCUT2D eigenvalue weighted by Gasteiger charge is 2.26. The first-order chi connectivity index (χ1) is 13.6. The van der Waals surface area contributed by atoms with E-state index in [-0.39, 0.29) is 5.91 Å². The molecule has 0 N–H and O–H groups in total. The fourth-order valence-electron chi connectivity index (χ4n) is 3.32. The molecular formula is C22H33NO5. The van der Waals surface area contributed by atoms with E-state index in [0.29, 0.717) is 55.2 Å². The van der Waals surface area contributed by atoms with Crippen molar-refractivity contribution in [3.63, 3.8) is 0 Å². The predicted molar refractivity (Wildman–Crippen MR) is 110 cm³/mol. The molecule has 1 amide bonds. The highest BCUT2D eigenvalue weighted by molar-refractivity contribution is 5.95. The SMILES string of the molecule is C=CCOCC1CCN(C(=O)c2cc(OCC)c(OCC)c(OCC)c2)CC1. The van der Waals surface area contributed by atoms with Crippen LogP contribution in [0.5, 0.6) is 17.2 Å². The highest BCUT2D eigenvalue weighted by Crippen LogP contribution is 2.39. The molecule has 1 saturated heterocycles. The molecule has 0 bridgehead atoms. The zero-order valence-corrected chi connectivity index (χ0v) is 17.4. The molecule has 0 aliphatic carbocycles. The van der Waals surface area contributed by atoms with E-state index in [9.17, 15) is 4.79 Å². The number of rotatable bonds is 11. The molecule has 1 aliphatic heterocycles. The molecule has 6 nitrogen and oxygen atoms in total. The molecule has 1 aromatic carbocycles. The number of carbonyl (C=O) groups excluding carboxylic acids is 1. The van der Waals surface area contributed by atoms with Crippen LogP contribution in [0.3, 0.4) is 0 Å². The van der Waals surface area contributed by atoms with Gasteiger partial charge in [-0.3, -0.25) is 4.79 Å². The number of ether oxygens (including phenoxy) is 4. The Balaban J connectivity index is 2.13. The Labute approximate surface area is 168 Å². The van der Waals surface area contributed by atoms with Crippen molar-refractivity contribution in [3.05, 3.63) is 30.4 Å². The average Bonchev–Trinajstić information content (AvgIpc) is 2.71. The third kappa shape index (κ3) is 5.89. The Kier molecular flexibility index (Phi) is 9.14. The smallest absolute Gasteiger partial charge is 0.254 e. The first kappa shape index (κ1) is 22.1. The molecular weight excluding hydrogens is 358 g/mol. The molecule has 6 heteroatoms. The van der Waals surface area contributed by atoms with Crippen molar-refractivity contribution in [1.29, 1.82) is 0 Å². The van der Waals surface area contributed by atoms with Gasteiger partial charge < -0.3 is 23.8 Å². The summed E-state index contributed by atoms with van der Waals surface area (Å²) in [6.07, 6.45) is 3.64. The maximum Gasteiger partial charge on any atom is 0.254 e. The minimum Gasteiger partial charge on any atom is -0.490 e. The van der Waals surface area contributed by atoms with Crippen molar-refractivity contribution in [3.8, 4) is 17.2 Å². The van der Waals surface area contributed by atoms with Crippen LogP contribution >= 0.6 is 0 Å². The van der Waals surface area contributed by atoms with Gasteiger partial charge in [0.25, 0.3) is 5.91 Å². The first-order valence-corrected chi connectivity index (χ1v) is 10.2. The number of nitrogens with zero attached hydrogens (tertiary/aromatic N) is 1. The molecule has 1 aliphatic rings. The number of hydrogen-bond donors (Lipinski definition) is 0. The molecule has 1 heterocycles. The molecule has 156 valence electrons. The number of hydrogen-bond acceptors (Lipinski definition) is 5. The lowest BCUT2D eigenvalue weighted by atomic mass is 9.97. The van der Waals surface area contributed by atoms with Crippen molar-refractivity contribution in [2.24, 2.45) is 5.92 Å². The second-order valence-corrected chi connectivity index (χ2v) is 6.66. The lowest BCUT2D eigenvalue weighted by molar-refractivity contribution is 0.0575. The summed E-state index contributed by atoms with van der Waals surface area (Å²) in [5, 5.41) is 0. The zero-order valence-electron chi connectivity index (χ0n) is 17.4. The van der Waals surface area contributed by atoms with Gasteiger partial charge in [-0.05, 0) is 51.7 Å². The Morgan fingerprint density at radius 2 is 1.64 bits per heavy atom. The van der Waals surface area contributed by atoms with Gasteiger partial charge in [0.05, 0.1) is 26.4 Å². The summed E-state index contributed by atoms with van der Waals surface area (Å²) in [4.78, 5) is 15.0. The summed E-state index contributed by atoms with van der Waals surface area (Å²) in [5.41, 5.74) is 0.566. The van der Waals surface area contributed by atoms with Crippen molar-refractivity contribution in [2.45, 2.75) is 33.6 Å². The standard InChI is InChI=1S/C22H33NO5/c1-5-13-25-16-17-9-11-23(12-10-17)22(24)18-14-19(26-6-2)21(28-8-4)20(15-18)27-7-3/h5,14-15,17H,1,6-13,16H2,2-4H3. The number of benzene rings is 1. The third-order valence-corrected chi connectivity index (χ3v) is 4.65. The van der Waals surface area contributed by atoms with Crippen LogP contribution < -0.4 is 14.2 Å². The number of amides is 1. The Bertz CT molecular complexity index is 611. The van der Waals surface area contributed by atoms with Crippen LogP contribution in [-0.4, -0.2) is 56.9 Å². The second kappa shape index (κ2) is 11.6. The lowest BCUT2D eigenvalue weighted by Crippen LogP contribution is -2.39. The van der Waals surface area contributed by atoms with E-state index in [4.69, 9.17) is 18.9 Å². The highest BCUT2D eigenvalue weighted by atomic mass is 16.5. The van der Waals surface area contributed by atoms with Gasteiger partial charge in [0.15, 0.2) is 11.5 Å². The van der Waals surface area contributed by atoms with E-state index in [1.807, 2.05) is 25.7 Å². The fourth-order valence-corrected chi connectivity index (χ4v) is 3.32. The van der Waals surface area contributed by atoms with Crippen LogP contribution in [0.1, 0.15) is 44.0 Å². The predicted octanol–water partition coefficient (Wildman–Crippen LogP) is 3.94. The van der Waals surface area contributed by atoms with Gasteiger partial charge in [0.2, 0.25) is 5.75 Å². The van der Waals surface area contributed by atoms with Crippen LogP contribution in [0, 0.1) is 5.92 Å². The Hall–Kier alpha value is -2.21. The van der Waals surface area contributed by atoms with Crippen molar-refractivity contribution >= 4 is 5.91 Å². The number of piperidine rings is 1. The van der Waals surface area contributed by atoms with Crippen molar-refractivity contribution in [2.75, 3.05) is 46.1 Å². The van der Waals surface area contributed by atoms with Gasteiger partial charge in [-0.25, -0.2) is 0 Å². The molecule has 0 atom stereocenters. The van der Waals surface area contributed by atoms with E-state index in [2.05, 4.69) is 6.58 Å². The summed E-state index contributed by atoms with van der Waals surface area (Å²) in [6, 6.07) is 3.53. The average molecular weight is 392 g/mol. The number of likely N-dealkylation sites (tertiary alicyclic amines) is 1. The molecule has 0 spiro atoms. The van der Waals surface area contributed by atoms with E-state index in [0.717, 1.165) is 32.5 Å². The molecule has 1 fully saturated rings. The summed E-state index contributed by atoms with van der Waals surface area (Å²) in [7, 11) is 0. The van der Waals surface area contributed by atoms with Gasteiger partial charge in [0, 0.05) is 25.3 Å².